The molecule has 0 saturated heterocycles. The van der Waals surface area contributed by atoms with Crippen molar-refractivity contribution in [2.75, 3.05) is 13.2 Å². The first kappa shape index (κ1) is 11.0. The third-order valence-electron chi connectivity index (χ3n) is 2.30. The Morgan fingerprint density at radius 2 is 1.82 bits per heavy atom. The van der Waals surface area contributed by atoms with E-state index in [9.17, 15) is 0 Å². The van der Waals surface area contributed by atoms with Crippen LogP contribution in [0.15, 0.2) is 0 Å². The zero-order valence-corrected chi connectivity index (χ0v) is 8.44. The molecule has 0 N–H and O–H groups in total. The molecule has 0 atom stereocenters. The molecule has 0 aliphatic rings. The van der Waals surface area contributed by atoms with E-state index in [2.05, 4.69) is 20.8 Å². The van der Waals surface area contributed by atoms with Crippen molar-refractivity contribution in [1.82, 2.24) is 0 Å². The fourth-order valence-corrected chi connectivity index (χ4v) is 0.974. The Bertz CT molecular complexity index is 86.9. The van der Waals surface area contributed by atoms with Gasteiger partial charge in [0.15, 0.2) is 0 Å². The van der Waals surface area contributed by atoms with Crippen LogP contribution in [0.25, 0.3) is 0 Å². The highest BCUT2D eigenvalue weighted by Crippen LogP contribution is 2.25. The first-order chi connectivity index (χ1) is 5.12. The summed E-state index contributed by atoms with van der Waals surface area (Å²) in [6, 6.07) is 0. The van der Waals surface area contributed by atoms with E-state index in [1.807, 2.05) is 6.92 Å². The van der Waals surface area contributed by atoms with Crippen molar-refractivity contribution in [1.29, 1.82) is 0 Å². The van der Waals surface area contributed by atoms with Crippen LogP contribution in [-0.4, -0.2) is 13.2 Å². The molecule has 0 spiro atoms. The molecule has 0 aliphatic heterocycles. The largest absolute Gasteiger partial charge is 0.382 e. The van der Waals surface area contributed by atoms with Crippen LogP contribution in [0.5, 0.6) is 0 Å². The summed E-state index contributed by atoms with van der Waals surface area (Å²) in [7, 11) is 0. The van der Waals surface area contributed by atoms with E-state index in [1.165, 1.54) is 19.3 Å². The molecule has 0 aliphatic carbocycles. The van der Waals surface area contributed by atoms with Crippen molar-refractivity contribution in [3.8, 4) is 0 Å². The maximum Gasteiger partial charge on any atom is 0.0466 e. The first-order valence-corrected chi connectivity index (χ1v) is 4.70. The Morgan fingerprint density at radius 3 is 2.27 bits per heavy atom. The Labute approximate surface area is 71.1 Å². The van der Waals surface area contributed by atoms with Crippen LogP contribution in [0.3, 0.4) is 0 Å². The molecule has 0 unspecified atom stereocenters. The Hall–Kier alpha value is -0.0400. The van der Waals surface area contributed by atoms with Gasteiger partial charge in [0.1, 0.15) is 0 Å². The second-order valence-corrected chi connectivity index (χ2v) is 3.82. The summed E-state index contributed by atoms with van der Waals surface area (Å²) < 4.78 is 5.27. The summed E-state index contributed by atoms with van der Waals surface area (Å²) in [5.74, 6) is 0. The van der Waals surface area contributed by atoms with Crippen LogP contribution < -0.4 is 0 Å². The SMILES string of the molecule is CCOCCCC(C)(C)CC. The van der Waals surface area contributed by atoms with Gasteiger partial charge in [0, 0.05) is 13.2 Å². The molecule has 0 aromatic heterocycles. The van der Waals surface area contributed by atoms with E-state index in [0.717, 1.165) is 13.2 Å². The third kappa shape index (κ3) is 6.36. The average Bonchev–Trinajstić information content (AvgIpc) is 1.99. The summed E-state index contributed by atoms with van der Waals surface area (Å²) in [4.78, 5) is 0. The predicted molar refractivity (Wildman–Crippen MR) is 49.8 cm³/mol. The van der Waals surface area contributed by atoms with E-state index in [-0.39, 0.29) is 0 Å². The maximum atomic E-state index is 5.27. The highest BCUT2D eigenvalue weighted by molar-refractivity contribution is 4.65. The summed E-state index contributed by atoms with van der Waals surface area (Å²) in [5.41, 5.74) is 0.511. The fourth-order valence-electron chi connectivity index (χ4n) is 0.974. The highest BCUT2D eigenvalue weighted by atomic mass is 16.5. The Balaban J connectivity index is 3.23. The number of hydrogen-bond donors (Lipinski definition) is 0. The monoisotopic (exact) mass is 158 g/mol. The van der Waals surface area contributed by atoms with Crippen LogP contribution >= 0.6 is 0 Å². The first-order valence-electron chi connectivity index (χ1n) is 4.70. The normalized spacial score (nSPS) is 12.0. The lowest BCUT2D eigenvalue weighted by atomic mass is 9.85. The molecule has 0 amide bonds. The van der Waals surface area contributed by atoms with Crippen LogP contribution in [0.4, 0.5) is 0 Å². The number of hydrogen-bond acceptors (Lipinski definition) is 1. The standard InChI is InChI=1S/C10H22O/c1-5-10(3,4)8-7-9-11-6-2/h5-9H2,1-4H3. The van der Waals surface area contributed by atoms with Gasteiger partial charge in [0.2, 0.25) is 0 Å². The van der Waals surface area contributed by atoms with Crippen LogP contribution in [0.2, 0.25) is 0 Å². The van der Waals surface area contributed by atoms with Crippen molar-refractivity contribution in [2.24, 2.45) is 5.41 Å². The summed E-state index contributed by atoms with van der Waals surface area (Å²) in [5, 5.41) is 0. The lowest BCUT2D eigenvalue weighted by Crippen LogP contribution is -2.10. The lowest BCUT2D eigenvalue weighted by molar-refractivity contribution is 0.132. The number of rotatable bonds is 6. The van der Waals surface area contributed by atoms with Crippen LogP contribution in [-0.2, 0) is 4.74 Å². The van der Waals surface area contributed by atoms with E-state index in [4.69, 9.17) is 4.74 Å². The molecule has 1 heteroatoms. The van der Waals surface area contributed by atoms with Gasteiger partial charge in [-0.05, 0) is 25.2 Å². The Kier molecular flexibility index (Phi) is 5.57. The van der Waals surface area contributed by atoms with Gasteiger partial charge >= 0.3 is 0 Å². The molecule has 0 rings (SSSR count). The second kappa shape index (κ2) is 5.59. The molecule has 0 saturated carbocycles. The van der Waals surface area contributed by atoms with Crippen LogP contribution in [0, 0.1) is 5.41 Å². The molecular weight excluding hydrogens is 136 g/mol. The average molecular weight is 158 g/mol. The summed E-state index contributed by atoms with van der Waals surface area (Å²) in [6.45, 7) is 10.7. The molecule has 0 fully saturated rings. The quantitative estimate of drug-likeness (QED) is 0.539. The highest BCUT2D eigenvalue weighted by Gasteiger charge is 2.13. The van der Waals surface area contributed by atoms with Crippen LogP contribution in [0.1, 0.15) is 47.0 Å². The third-order valence-corrected chi connectivity index (χ3v) is 2.30. The number of ether oxygens (including phenoxy) is 1. The molecule has 0 heterocycles. The van der Waals surface area contributed by atoms with Gasteiger partial charge in [-0.2, -0.15) is 0 Å². The molecule has 0 aromatic carbocycles. The minimum Gasteiger partial charge on any atom is -0.382 e. The van der Waals surface area contributed by atoms with Gasteiger partial charge in [-0.25, -0.2) is 0 Å². The summed E-state index contributed by atoms with van der Waals surface area (Å²) in [6.07, 6.45) is 3.75. The Morgan fingerprint density at radius 1 is 1.18 bits per heavy atom. The lowest BCUT2D eigenvalue weighted by Gasteiger charge is -2.21. The minimum absolute atomic E-state index is 0.511. The molecule has 1 nitrogen and oxygen atoms in total. The van der Waals surface area contributed by atoms with Crippen molar-refractivity contribution in [3.05, 3.63) is 0 Å². The molecule has 68 valence electrons. The molecule has 11 heavy (non-hydrogen) atoms. The molecule has 0 radical (unpaired) electrons. The van der Waals surface area contributed by atoms with E-state index in [0.29, 0.717) is 5.41 Å². The minimum atomic E-state index is 0.511. The molecular formula is C10H22O. The van der Waals surface area contributed by atoms with Gasteiger partial charge in [-0.15, -0.1) is 0 Å². The second-order valence-electron chi connectivity index (χ2n) is 3.82. The summed E-state index contributed by atoms with van der Waals surface area (Å²) >= 11 is 0. The van der Waals surface area contributed by atoms with Gasteiger partial charge in [-0.1, -0.05) is 27.2 Å². The van der Waals surface area contributed by atoms with Crippen molar-refractivity contribution in [2.45, 2.75) is 47.0 Å². The van der Waals surface area contributed by atoms with Crippen molar-refractivity contribution >= 4 is 0 Å². The van der Waals surface area contributed by atoms with Gasteiger partial charge in [0.05, 0.1) is 0 Å². The van der Waals surface area contributed by atoms with Gasteiger partial charge < -0.3 is 4.74 Å². The smallest absolute Gasteiger partial charge is 0.0466 e. The maximum absolute atomic E-state index is 5.27. The van der Waals surface area contributed by atoms with Crippen molar-refractivity contribution in [3.63, 3.8) is 0 Å². The van der Waals surface area contributed by atoms with Crippen molar-refractivity contribution < 1.29 is 4.74 Å². The van der Waals surface area contributed by atoms with E-state index < -0.39 is 0 Å². The topological polar surface area (TPSA) is 9.23 Å². The van der Waals surface area contributed by atoms with Gasteiger partial charge in [-0.3, -0.25) is 0 Å². The van der Waals surface area contributed by atoms with E-state index in [1.54, 1.807) is 0 Å². The van der Waals surface area contributed by atoms with E-state index >= 15 is 0 Å². The zero-order chi connectivity index (χ0) is 8.74. The van der Waals surface area contributed by atoms with Gasteiger partial charge in [0.25, 0.3) is 0 Å². The molecule has 0 bridgehead atoms. The zero-order valence-electron chi connectivity index (χ0n) is 8.44. The fraction of sp³-hybridized carbons (Fsp3) is 1.00. The molecule has 0 aromatic rings. The predicted octanol–water partition coefficient (Wildman–Crippen LogP) is 3.24.